The number of nitrogens with one attached hydrogen (secondary N) is 1. The van der Waals surface area contributed by atoms with Crippen LogP contribution in [0.4, 0.5) is 0 Å². The second kappa shape index (κ2) is 11.1. The van der Waals surface area contributed by atoms with E-state index in [4.69, 9.17) is 0 Å². The van der Waals surface area contributed by atoms with Crippen molar-refractivity contribution >= 4 is 27.5 Å². The Morgan fingerprint density at radius 1 is 1.12 bits per heavy atom. The number of thioether (sulfide) groups is 1. The zero-order valence-electron chi connectivity index (χ0n) is 17.9. The number of hydrogen-bond acceptors (Lipinski definition) is 6. The van der Waals surface area contributed by atoms with Crippen molar-refractivity contribution in [3.05, 3.63) is 84.2 Å². The molecule has 2 aromatic carbocycles. The summed E-state index contributed by atoms with van der Waals surface area (Å²) in [5, 5.41) is 11.6. The Kier molecular flexibility index (Phi) is 8.24. The third kappa shape index (κ3) is 6.54. The first-order chi connectivity index (χ1) is 15.4. The van der Waals surface area contributed by atoms with E-state index in [9.17, 15) is 13.2 Å². The molecule has 0 fully saturated rings. The predicted octanol–water partition coefficient (Wildman–Crippen LogP) is 3.20. The Hall–Kier alpha value is -2.91. The lowest BCUT2D eigenvalue weighted by Gasteiger charge is -2.09. The summed E-state index contributed by atoms with van der Waals surface area (Å²) in [7, 11) is -3.57. The van der Waals surface area contributed by atoms with Crippen LogP contribution in [0.5, 0.6) is 0 Å². The van der Waals surface area contributed by atoms with Gasteiger partial charge < -0.3 is 9.88 Å². The quantitative estimate of drug-likeness (QED) is 0.342. The van der Waals surface area contributed by atoms with Crippen LogP contribution in [-0.2, 0) is 33.4 Å². The van der Waals surface area contributed by atoms with E-state index in [2.05, 4.69) is 22.1 Å². The normalized spacial score (nSPS) is 11.3. The van der Waals surface area contributed by atoms with Gasteiger partial charge >= 0.3 is 0 Å². The number of carbonyl (C=O) groups excluding carboxylic acids is 1. The van der Waals surface area contributed by atoms with Gasteiger partial charge in [-0.25, -0.2) is 8.42 Å². The van der Waals surface area contributed by atoms with Crippen LogP contribution in [0.2, 0.25) is 0 Å². The molecule has 0 radical (unpaired) electrons. The predicted molar refractivity (Wildman–Crippen MR) is 126 cm³/mol. The molecule has 7 nitrogen and oxygen atoms in total. The first kappa shape index (κ1) is 23.7. The Morgan fingerprint density at radius 2 is 1.84 bits per heavy atom. The summed E-state index contributed by atoms with van der Waals surface area (Å²) in [5.41, 5.74) is 2.14. The van der Waals surface area contributed by atoms with Crippen LogP contribution in [0.15, 0.2) is 77.3 Å². The molecule has 0 spiro atoms. The van der Waals surface area contributed by atoms with Crippen molar-refractivity contribution in [1.29, 1.82) is 0 Å². The first-order valence-electron chi connectivity index (χ1n) is 10.1. The standard InChI is InChI=1S/C23H26N4O3S2/c1-3-15-27-21(17-32(29,30)20-11-9-18(2)10-12-20)25-26-23(27)31-16-22(28)24-14-13-19-7-5-4-6-8-19/h3-12H,1,13-17H2,2H3,(H,24,28). The number of sulfone groups is 1. The van der Waals surface area contributed by atoms with Crippen molar-refractivity contribution < 1.29 is 13.2 Å². The number of aromatic nitrogens is 3. The van der Waals surface area contributed by atoms with E-state index in [1.54, 1.807) is 34.9 Å². The molecule has 32 heavy (non-hydrogen) atoms. The van der Waals surface area contributed by atoms with Crippen molar-refractivity contribution in [3.63, 3.8) is 0 Å². The lowest BCUT2D eigenvalue weighted by Crippen LogP contribution is -2.27. The average Bonchev–Trinajstić information content (AvgIpc) is 3.14. The highest BCUT2D eigenvalue weighted by molar-refractivity contribution is 7.99. The van der Waals surface area contributed by atoms with Gasteiger partial charge in [0.25, 0.3) is 0 Å². The number of hydrogen-bond donors (Lipinski definition) is 1. The maximum atomic E-state index is 12.8. The van der Waals surface area contributed by atoms with Gasteiger partial charge in [0, 0.05) is 13.1 Å². The molecule has 0 aliphatic carbocycles. The maximum Gasteiger partial charge on any atom is 0.230 e. The summed E-state index contributed by atoms with van der Waals surface area (Å²) >= 11 is 1.22. The summed E-state index contributed by atoms with van der Waals surface area (Å²) < 4.78 is 27.3. The largest absolute Gasteiger partial charge is 0.355 e. The zero-order valence-corrected chi connectivity index (χ0v) is 19.5. The number of amides is 1. The van der Waals surface area contributed by atoms with Gasteiger partial charge in [0.1, 0.15) is 11.6 Å². The molecule has 3 aromatic rings. The van der Waals surface area contributed by atoms with Gasteiger partial charge in [0.2, 0.25) is 5.91 Å². The average molecular weight is 471 g/mol. The molecule has 0 saturated heterocycles. The van der Waals surface area contributed by atoms with E-state index >= 15 is 0 Å². The van der Waals surface area contributed by atoms with Crippen LogP contribution in [0.1, 0.15) is 17.0 Å². The SMILES string of the molecule is C=CCn1c(CS(=O)(=O)c2ccc(C)cc2)nnc1SCC(=O)NCCc1ccccc1. The minimum absolute atomic E-state index is 0.118. The molecule has 168 valence electrons. The molecule has 3 rings (SSSR count). The van der Waals surface area contributed by atoms with E-state index < -0.39 is 9.84 Å². The number of aryl methyl sites for hydroxylation is 1. The molecule has 1 heterocycles. The number of rotatable bonds is 11. The van der Waals surface area contributed by atoms with Crippen molar-refractivity contribution in [2.75, 3.05) is 12.3 Å². The fraction of sp³-hybridized carbons (Fsp3) is 0.261. The Bertz CT molecular complexity index is 1160. The molecule has 1 N–H and O–H groups in total. The van der Waals surface area contributed by atoms with Gasteiger partial charge in [-0.3, -0.25) is 4.79 Å². The van der Waals surface area contributed by atoms with E-state index in [1.807, 2.05) is 37.3 Å². The molecule has 0 aliphatic rings. The van der Waals surface area contributed by atoms with E-state index in [-0.39, 0.29) is 22.3 Å². The molecule has 1 aromatic heterocycles. The Balaban J connectivity index is 1.60. The molecular weight excluding hydrogens is 444 g/mol. The first-order valence-corrected chi connectivity index (χ1v) is 12.8. The van der Waals surface area contributed by atoms with Crippen LogP contribution in [0.25, 0.3) is 0 Å². The van der Waals surface area contributed by atoms with Crippen LogP contribution < -0.4 is 5.32 Å². The van der Waals surface area contributed by atoms with Gasteiger partial charge in [-0.2, -0.15) is 0 Å². The smallest absolute Gasteiger partial charge is 0.230 e. The van der Waals surface area contributed by atoms with Gasteiger partial charge in [-0.15, -0.1) is 16.8 Å². The molecule has 0 aliphatic heterocycles. The summed E-state index contributed by atoms with van der Waals surface area (Å²) in [6.45, 7) is 6.53. The molecule has 0 saturated carbocycles. The van der Waals surface area contributed by atoms with Crippen molar-refractivity contribution in [3.8, 4) is 0 Å². The molecule has 9 heteroatoms. The molecule has 0 unspecified atom stereocenters. The number of allylic oxidation sites excluding steroid dienone is 1. The minimum Gasteiger partial charge on any atom is -0.355 e. The van der Waals surface area contributed by atoms with Crippen molar-refractivity contribution in [1.82, 2.24) is 20.1 Å². The summed E-state index contributed by atoms with van der Waals surface area (Å²) in [4.78, 5) is 12.5. The number of nitrogens with zero attached hydrogens (tertiary/aromatic N) is 3. The van der Waals surface area contributed by atoms with Crippen molar-refractivity contribution in [2.45, 2.75) is 35.7 Å². The second-order valence-corrected chi connectivity index (χ2v) is 10.2. The van der Waals surface area contributed by atoms with E-state index in [0.29, 0.717) is 24.1 Å². The Morgan fingerprint density at radius 3 is 2.53 bits per heavy atom. The topological polar surface area (TPSA) is 93.9 Å². The molecule has 0 bridgehead atoms. The minimum atomic E-state index is -3.57. The zero-order chi connectivity index (χ0) is 23.0. The van der Waals surface area contributed by atoms with E-state index in [0.717, 1.165) is 17.5 Å². The van der Waals surface area contributed by atoms with E-state index in [1.165, 1.54) is 11.8 Å². The van der Waals surface area contributed by atoms with Crippen LogP contribution in [0.3, 0.4) is 0 Å². The monoisotopic (exact) mass is 470 g/mol. The number of benzene rings is 2. The van der Waals surface area contributed by atoms with Gasteiger partial charge in [-0.1, -0.05) is 65.9 Å². The molecule has 1 amide bonds. The molecule has 0 atom stereocenters. The summed E-state index contributed by atoms with van der Waals surface area (Å²) in [5.74, 6) is 0.0839. The fourth-order valence-corrected chi connectivity index (χ4v) is 5.08. The van der Waals surface area contributed by atoms with Crippen LogP contribution in [-0.4, -0.2) is 41.4 Å². The third-order valence-corrected chi connectivity index (χ3v) is 7.31. The number of carbonyl (C=O) groups is 1. The highest BCUT2D eigenvalue weighted by atomic mass is 32.2. The van der Waals surface area contributed by atoms with Crippen molar-refractivity contribution in [2.24, 2.45) is 0 Å². The van der Waals surface area contributed by atoms with Crippen LogP contribution in [0, 0.1) is 6.92 Å². The lowest BCUT2D eigenvalue weighted by atomic mass is 10.1. The highest BCUT2D eigenvalue weighted by Crippen LogP contribution is 2.21. The highest BCUT2D eigenvalue weighted by Gasteiger charge is 2.21. The van der Waals surface area contributed by atoms with Gasteiger partial charge in [0.05, 0.1) is 10.6 Å². The van der Waals surface area contributed by atoms with Gasteiger partial charge in [-0.05, 0) is 31.0 Å². The second-order valence-electron chi connectivity index (χ2n) is 7.24. The maximum absolute atomic E-state index is 12.8. The third-order valence-electron chi connectivity index (χ3n) is 4.72. The Labute approximate surface area is 192 Å². The molecular formula is C23H26N4O3S2. The van der Waals surface area contributed by atoms with Gasteiger partial charge in [0.15, 0.2) is 15.0 Å². The fourth-order valence-electron chi connectivity index (χ4n) is 3.02. The van der Waals surface area contributed by atoms with Crippen LogP contribution >= 0.6 is 11.8 Å². The summed E-state index contributed by atoms with van der Waals surface area (Å²) in [6, 6.07) is 16.6. The summed E-state index contributed by atoms with van der Waals surface area (Å²) in [6.07, 6.45) is 2.40. The lowest BCUT2D eigenvalue weighted by molar-refractivity contribution is -0.118.